The summed E-state index contributed by atoms with van der Waals surface area (Å²) in [6.45, 7) is 1.85. The van der Waals surface area contributed by atoms with Crippen molar-refractivity contribution < 1.29 is 14.3 Å². The average molecular weight is 544 g/mol. The van der Waals surface area contributed by atoms with Crippen molar-refractivity contribution in [1.82, 2.24) is 9.78 Å². The molecule has 204 valence electrons. The molecule has 1 aliphatic heterocycles. The van der Waals surface area contributed by atoms with Crippen LogP contribution in [-0.4, -0.2) is 34.3 Å². The van der Waals surface area contributed by atoms with Gasteiger partial charge in [0.15, 0.2) is 5.54 Å². The fraction of sp³-hybridized carbons (Fsp3) is 0.147. The van der Waals surface area contributed by atoms with Crippen LogP contribution in [0.4, 0.5) is 0 Å². The summed E-state index contributed by atoms with van der Waals surface area (Å²) in [4.78, 5) is 33.5. The summed E-state index contributed by atoms with van der Waals surface area (Å²) in [5.74, 6) is -0.371. The number of aromatic nitrogens is 2. The molecule has 0 fully saturated rings. The van der Waals surface area contributed by atoms with Crippen LogP contribution in [0.5, 0.6) is 5.75 Å². The first-order valence-electron chi connectivity index (χ1n) is 13.4. The van der Waals surface area contributed by atoms with E-state index in [-0.39, 0.29) is 17.9 Å². The zero-order valence-corrected chi connectivity index (χ0v) is 22.8. The lowest BCUT2D eigenvalue weighted by atomic mass is 9.72. The number of nitrogens with zero attached hydrogens (tertiary/aromatic N) is 2. The van der Waals surface area contributed by atoms with E-state index in [1.54, 1.807) is 7.11 Å². The maximum absolute atomic E-state index is 14.2. The summed E-state index contributed by atoms with van der Waals surface area (Å²) < 4.78 is 12.9. The van der Waals surface area contributed by atoms with Gasteiger partial charge in [-0.15, -0.1) is 0 Å². The molecule has 0 saturated heterocycles. The lowest BCUT2D eigenvalue weighted by Gasteiger charge is -2.32. The van der Waals surface area contributed by atoms with Crippen LogP contribution in [0.1, 0.15) is 33.9 Å². The quantitative estimate of drug-likeness (QED) is 0.258. The fourth-order valence-electron chi connectivity index (χ4n) is 5.57. The van der Waals surface area contributed by atoms with Crippen molar-refractivity contribution in [3.05, 3.63) is 154 Å². The Hall–Kier alpha value is -5.17. The number of carbonyl (C=O) groups excluding carboxylic acids is 1. The molecule has 6 rings (SSSR count). The number of aliphatic imine (C=N–C) groups is 1. The third-order valence-electron chi connectivity index (χ3n) is 7.53. The molecular formula is C34H29N3O4. The third kappa shape index (κ3) is 4.76. The molecule has 2 heterocycles. The van der Waals surface area contributed by atoms with Crippen LogP contribution < -0.4 is 10.3 Å². The molecule has 1 N–H and O–H groups in total. The normalized spacial score (nSPS) is 17.1. The van der Waals surface area contributed by atoms with Gasteiger partial charge in [0, 0.05) is 17.7 Å². The molecular weight excluding hydrogens is 514 g/mol. The SMILES string of the molecule is COc1ccc([C@@H](c2c(C)[nH]n(-c3ccccc3)c2=O)[C@@]2(Cc3ccccc3)N=C(c3ccccc3)OC2=O)cc1. The Morgan fingerprint density at radius 2 is 1.46 bits per heavy atom. The molecule has 0 amide bonds. The number of ether oxygens (including phenoxy) is 2. The van der Waals surface area contributed by atoms with Gasteiger partial charge in [-0.25, -0.2) is 14.5 Å². The highest BCUT2D eigenvalue weighted by molar-refractivity contribution is 6.08. The first-order chi connectivity index (χ1) is 20.0. The highest BCUT2D eigenvalue weighted by atomic mass is 16.6. The average Bonchev–Trinajstić information content (AvgIpc) is 3.50. The number of H-pyrrole nitrogens is 1. The van der Waals surface area contributed by atoms with E-state index in [0.29, 0.717) is 28.3 Å². The monoisotopic (exact) mass is 543 g/mol. The molecule has 0 spiro atoms. The third-order valence-corrected chi connectivity index (χ3v) is 7.53. The van der Waals surface area contributed by atoms with Gasteiger partial charge in [0.25, 0.3) is 5.56 Å². The van der Waals surface area contributed by atoms with Crippen LogP contribution in [0.15, 0.2) is 125 Å². The van der Waals surface area contributed by atoms with Crippen molar-refractivity contribution in [2.45, 2.75) is 24.8 Å². The van der Waals surface area contributed by atoms with Gasteiger partial charge in [-0.2, -0.15) is 0 Å². The maximum atomic E-state index is 14.2. The number of nitrogens with one attached hydrogen (secondary N) is 1. The van der Waals surface area contributed by atoms with E-state index in [1.807, 2.05) is 122 Å². The van der Waals surface area contributed by atoms with Gasteiger partial charge in [0.2, 0.25) is 5.90 Å². The van der Waals surface area contributed by atoms with Crippen LogP contribution in [0.3, 0.4) is 0 Å². The molecule has 2 atom stereocenters. The summed E-state index contributed by atoms with van der Waals surface area (Å²) >= 11 is 0. The van der Waals surface area contributed by atoms with E-state index >= 15 is 0 Å². The fourth-order valence-corrected chi connectivity index (χ4v) is 5.57. The van der Waals surface area contributed by atoms with Crippen molar-refractivity contribution in [3.63, 3.8) is 0 Å². The van der Waals surface area contributed by atoms with Gasteiger partial charge >= 0.3 is 5.97 Å². The van der Waals surface area contributed by atoms with Crippen molar-refractivity contribution >= 4 is 11.9 Å². The predicted octanol–water partition coefficient (Wildman–Crippen LogP) is 5.60. The van der Waals surface area contributed by atoms with Gasteiger partial charge in [-0.1, -0.05) is 78.9 Å². The highest BCUT2D eigenvalue weighted by Gasteiger charge is 2.55. The first kappa shape index (κ1) is 26.1. The minimum absolute atomic E-state index is 0.231. The number of esters is 1. The van der Waals surface area contributed by atoms with Gasteiger partial charge < -0.3 is 9.47 Å². The Morgan fingerprint density at radius 1 is 0.854 bits per heavy atom. The number of methoxy groups -OCH3 is 1. The van der Waals surface area contributed by atoms with E-state index in [4.69, 9.17) is 14.5 Å². The number of cyclic esters (lactones) is 1. The zero-order valence-electron chi connectivity index (χ0n) is 22.8. The Labute approximate surface area is 237 Å². The van der Waals surface area contributed by atoms with Crippen molar-refractivity contribution in [2.24, 2.45) is 4.99 Å². The van der Waals surface area contributed by atoms with Crippen molar-refractivity contribution in [3.8, 4) is 11.4 Å². The minimum Gasteiger partial charge on any atom is -0.497 e. The van der Waals surface area contributed by atoms with Crippen LogP contribution in [0, 0.1) is 6.92 Å². The Morgan fingerprint density at radius 3 is 2.10 bits per heavy atom. The zero-order chi connectivity index (χ0) is 28.4. The molecule has 0 aliphatic carbocycles. The molecule has 7 heteroatoms. The van der Waals surface area contributed by atoms with Gasteiger partial charge in [0.1, 0.15) is 5.75 Å². The Balaban J connectivity index is 1.63. The second-order valence-corrected chi connectivity index (χ2v) is 10.1. The predicted molar refractivity (Wildman–Crippen MR) is 158 cm³/mol. The topological polar surface area (TPSA) is 85.7 Å². The van der Waals surface area contributed by atoms with E-state index in [0.717, 1.165) is 11.1 Å². The summed E-state index contributed by atoms with van der Waals surface area (Å²) in [6, 6.07) is 35.9. The van der Waals surface area contributed by atoms with Crippen LogP contribution >= 0.6 is 0 Å². The van der Waals surface area contributed by atoms with Gasteiger partial charge in [-0.05, 0) is 54.4 Å². The number of carbonyl (C=O) groups is 1. The first-order valence-corrected chi connectivity index (χ1v) is 13.4. The van der Waals surface area contributed by atoms with E-state index in [2.05, 4.69) is 5.10 Å². The highest BCUT2D eigenvalue weighted by Crippen LogP contribution is 2.44. The largest absolute Gasteiger partial charge is 0.497 e. The number of aromatic amines is 1. The number of benzene rings is 4. The van der Waals surface area contributed by atoms with Crippen LogP contribution in [0.25, 0.3) is 5.69 Å². The lowest BCUT2D eigenvalue weighted by Crippen LogP contribution is -2.45. The lowest BCUT2D eigenvalue weighted by molar-refractivity contribution is -0.139. The second kappa shape index (κ2) is 10.8. The summed E-state index contributed by atoms with van der Waals surface area (Å²) in [5.41, 5.74) is 2.42. The molecule has 5 aromatic rings. The molecule has 0 bridgehead atoms. The maximum Gasteiger partial charge on any atom is 0.342 e. The molecule has 0 unspecified atom stereocenters. The number of hydrogen-bond donors (Lipinski definition) is 1. The number of para-hydroxylation sites is 1. The summed E-state index contributed by atoms with van der Waals surface area (Å²) in [5, 5.41) is 3.24. The van der Waals surface area contributed by atoms with Crippen LogP contribution in [-0.2, 0) is 16.0 Å². The number of rotatable bonds is 8. The second-order valence-electron chi connectivity index (χ2n) is 10.1. The summed E-state index contributed by atoms with van der Waals surface area (Å²) in [6.07, 6.45) is 0.231. The van der Waals surface area contributed by atoms with Crippen LogP contribution in [0.2, 0.25) is 0 Å². The minimum atomic E-state index is -1.46. The molecule has 7 nitrogen and oxygen atoms in total. The molecule has 4 aromatic carbocycles. The van der Waals surface area contributed by atoms with Crippen molar-refractivity contribution in [1.29, 1.82) is 0 Å². The van der Waals surface area contributed by atoms with Crippen molar-refractivity contribution in [2.75, 3.05) is 7.11 Å². The summed E-state index contributed by atoms with van der Waals surface area (Å²) in [7, 11) is 1.60. The van der Waals surface area contributed by atoms with E-state index in [1.165, 1.54) is 4.68 Å². The van der Waals surface area contributed by atoms with E-state index in [9.17, 15) is 9.59 Å². The smallest absolute Gasteiger partial charge is 0.342 e. The Kier molecular flexibility index (Phi) is 6.85. The molecule has 41 heavy (non-hydrogen) atoms. The van der Waals surface area contributed by atoms with Gasteiger partial charge in [0.05, 0.1) is 24.3 Å². The van der Waals surface area contributed by atoms with Gasteiger partial charge in [-0.3, -0.25) is 9.89 Å². The number of aryl methyl sites for hydroxylation is 1. The number of hydrogen-bond acceptors (Lipinski definition) is 5. The standard InChI is InChI=1S/C34H29N3O4/c1-23-29(32(38)37(36-23)27-16-10-5-11-17-27)30(25-18-20-28(40-2)21-19-25)34(22-24-12-6-3-7-13-24)33(39)41-31(35-34)26-14-8-4-9-15-26/h3-21,30,36H,22H2,1-2H3/t30-,34+/m0/s1. The Bertz CT molecular complexity index is 1760. The molecule has 0 saturated carbocycles. The van der Waals surface area contributed by atoms with E-state index < -0.39 is 17.4 Å². The molecule has 1 aromatic heterocycles. The molecule has 1 aliphatic rings. The molecule has 0 radical (unpaired) electrons.